The summed E-state index contributed by atoms with van der Waals surface area (Å²) in [5.74, 6) is 0. The number of halogens is 1. The minimum absolute atomic E-state index is 1.11. The van der Waals surface area contributed by atoms with Gasteiger partial charge in [-0.15, -0.1) is 0 Å². The highest BCUT2D eigenvalue weighted by atomic mass is 79.9. The van der Waals surface area contributed by atoms with E-state index in [0.29, 0.717) is 0 Å². The zero-order chi connectivity index (χ0) is 8.55. The Kier molecular flexibility index (Phi) is 1.85. The molecule has 0 saturated carbocycles. The fourth-order valence-electron chi connectivity index (χ4n) is 1.36. The van der Waals surface area contributed by atoms with Crippen molar-refractivity contribution in [3.8, 4) is 0 Å². The van der Waals surface area contributed by atoms with E-state index >= 15 is 0 Å². The number of aryl methyl sites for hydroxylation is 1. The van der Waals surface area contributed by atoms with Crippen molar-refractivity contribution in [2.75, 3.05) is 0 Å². The van der Waals surface area contributed by atoms with Gasteiger partial charge in [-0.05, 0) is 36.1 Å². The zero-order valence-electron chi connectivity index (χ0n) is 6.71. The molecule has 0 atom stereocenters. The van der Waals surface area contributed by atoms with Crippen molar-refractivity contribution in [3.63, 3.8) is 0 Å². The first-order valence-electron chi connectivity index (χ1n) is 3.77. The fourth-order valence-corrected chi connectivity index (χ4v) is 1.95. The number of rotatable bonds is 0. The van der Waals surface area contributed by atoms with E-state index in [0.717, 1.165) is 4.47 Å². The van der Waals surface area contributed by atoms with Gasteiger partial charge in [-0.3, -0.25) is 4.98 Å². The molecule has 0 fully saturated rings. The Morgan fingerprint density at radius 2 is 2.17 bits per heavy atom. The van der Waals surface area contributed by atoms with Crippen molar-refractivity contribution < 1.29 is 0 Å². The van der Waals surface area contributed by atoms with Gasteiger partial charge in [0, 0.05) is 22.3 Å². The number of benzene rings is 1. The summed E-state index contributed by atoms with van der Waals surface area (Å²) < 4.78 is 1.11. The predicted molar refractivity (Wildman–Crippen MR) is 54.2 cm³/mol. The number of fused-ring (bicyclic) bond motifs is 1. The van der Waals surface area contributed by atoms with E-state index < -0.39 is 0 Å². The maximum absolute atomic E-state index is 4.07. The Balaban J connectivity index is 2.89. The van der Waals surface area contributed by atoms with Crippen LogP contribution in [0.4, 0.5) is 0 Å². The first-order chi connectivity index (χ1) is 5.77. The molecule has 60 valence electrons. The Morgan fingerprint density at radius 1 is 1.33 bits per heavy atom. The first kappa shape index (κ1) is 7.74. The van der Waals surface area contributed by atoms with E-state index in [9.17, 15) is 0 Å². The van der Waals surface area contributed by atoms with E-state index in [1.54, 1.807) is 0 Å². The SMILES string of the molecule is Cc1cc(Br)cc2cnccc12. The first-order valence-corrected chi connectivity index (χ1v) is 4.56. The van der Waals surface area contributed by atoms with Gasteiger partial charge in [0.15, 0.2) is 0 Å². The fraction of sp³-hybridized carbons (Fsp3) is 0.100. The highest BCUT2D eigenvalue weighted by Gasteiger charge is 1.97. The molecule has 12 heavy (non-hydrogen) atoms. The lowest BCUT2D eigenvalue weighted by molar-refractivity contribution is 1.35. The van der Waals surface area contributed by atoms with Gasteiger partial charge in [0.25, 0.3) is 0 Å². The average Bonchev–Trinajstić information content (AvgIpc) is 2.04. The Labute approximate surface area is 79.6 Å². The van der Waals surface area contributed by atoms with Crippen LogP contribution in [0.2, 0.25) is 0 Å². The van der Waals surface area contributed by atoms with Crippen molar-refractivity contribution in [2.45, 2.75) is 6.92 Å². The molecule has 0 aliphatic carbocycles. The molecule has 1 aromatic carbocycles. The highest BCUT2D eigenvalue weighted by molar-refractivity contribution is 9.10. The van der Waals surface area contributed by atoms with Gasteiger partial charge in [-0.25, -0.2) is 0 Å². The predicted octanol–water partition coefficient (Wildman–Crippen LogP) is 3.31. The van der Waals surface area contributed by atoms with Crippen LogP contribution in [0, 0.1) is 6.92 Å². The van der Waals surface area contributed by atoms with Gasteiger partial charge < -0.3 is 0 Å². The third kappa shape index (κ3) is 1.23. The minimum atomic E-state index is 1.11. The van der Waals surface area contributed by atoms with Crippen molar-refractivity contribution in [3.05, 3.63) is 40.6 Å². The quantitative estimate of drug-likeness (QED) is 0.666. The van der Waals surface area contributed by atoms with Gasteiger partial charge in [-0.1, -0.05) is 15.9 Å². The van der Waals surface area contributed by atoms with Crippen LogP contribution < -0.4 is 0 Å². The Bertz CT molecular complexity index is 423. The van der Waals surface area contributed by atoms with Crippen LogP contribution in [-0.2, 0) is 0 Å². The second-order valence-electron chi connectivity index (χ2n) is 2.82. The van der Waals surface area contributed by atoms with Gasteiger partial charge in [-0.2, -0.15) is 0 Å². The number of hydrogen-bond acceptors (Lipinski definition) is 1. The molecule has 0 amide bonds. The van der Waals surface area contributed by atoms with E-state index in [1.807, 2.05) is 18.5 Å². The van der Waals surface area contributed by atoms with Crippen LogP contribution >= 0.6 is 15.9 Å². The smallest absolute Gasteiger partial charge is 0.0346 e. The zero-order valence-corrected chi connectivity index (χ0v) is 8.30. The lowest BCUT2D eigenvalue weighted by atomic mass is 10.1. The molecule has 0 N–H and O–H groups in total. The summed E-state index contributed by atoms with van der Waals surface area (Å²) in [6, 6.07) is 6.23. The second-order valence-corrected chi connectivity index (χ2v) is 3.74. The van der Waals surface area contributed by atoms with Crippen LogP contribution in [-0.4, -0.2) is 4.98 Å². The van der Waals surface area contributed by atoms with Crippen molar-refractivity contribution in [1.29, 1.82) is 0 Å². The highest BCUT2D eigenvalue weighted by Crippen LogP contribution is 2.22. The van der Waals surface area contributed by atoms with Crippen molar-refractivity contribution in [2.24, 2.45) is 0 Å². The summed E-state index contributed by atoms with van der Waals surface area (Å²) in [5, 5.41) is 2.46. The van der Waals surface area contributed by atoms with E-state index in [4.69, 9.17) is 0 Å². The number of nitrogens with zero attached hydrogens (tertiary/aromatic N) is 1. The molecule has 0 unspecified atom stereocenters. The maximum atomic E-state index is 4.07. The molecule has 0 radical (unpaired) electrons. The molecular formula is C10H8BrN. The summed E-state index contributed by atoms with van der Waals surface area (Å²) >= 11 is 3.46. The van der Waals surface area contributed by atoms with Gasteiger partial charge in [0.05, 0.1) is 0 Å². The van der Waals surface area contributed by atoms with E-state index in [-0.39, 0.29) is 0 Å². The van der Waals surface area contributed by atoms with Crippen LogP contribution in [0.1, 0.15) is 5.56 Å². The molecule has 2 heteroatoms. The molecule has 0 aliphatic rings. The van der Waals surface area contributed by atoms with Crippen molar-refractivity contribution in [1.82, 2.24) is 4.98 Å². The van der Waals surface area contributed by atoms with Gasteiger partial charge in [0.2, 0.25) is 0 Å². The monoisotopic (exact) mass is 221 g/mol. The maximum Gasteiger partial charge on any atom is 0.0346 e. The van der Waals surface area contributed by atoms with Crippen LogP contribution in [0.15, 0.2) is 35.1 Å². The third-order valence-corrected chi connectivity index (χ3v) is 2.38. The summed E-state index contributed by atoms with van der Waals surface area (Å²) in [6.07, 6.45) is 3.70. The van der Waals surface area contributed by atoms with Crippen LogP contribution in [0.3, 0.4) is 0 Å². The molecule has 0 bridgehead atoms. The normalized spacial score (nSPS) is 10.5. The molecule has 0 spiro atoms. The van der Waals surface area contributed by atoms with Gasteiger partial charge in [0.1, 0.15) is 0 Å². The van der Waals surface area contributed by atoms with Crippen LogP contribution in [0.5, 0.6) is 0 Å². The molecule has 0 aliphatic heterocycles. The minimum Gasteiger partial charge on any atom is -0.264 e. The van der Waals surface area contributed by atoms with Gasteiger partial charge >= 0.3 is 0 Å². The second kappa shape index (κ2) is 2.87. The number of pyridine rings is 1. The standard InChI is InChI=1S/C10H8BrN/c1-7-4-9(11)5-8-6-12-3-2-10(7)8/h2-6H,1H3. The number of aromatic nitrogens is 1. The average molecular weight is 222 g/mol. The lowest BCUT2D eigenvalue weighted by Gasteiger charge is -2.01. The summed E-state index contributed by atoms with van der Waals surface area (Å²) in [5.41, 5.74) is 1.28. The molecule has 1 nitrogen and oxygen atoms in total. The largest absolute Gasteiger partial charge is 0.264 e. The lowest BCUT2D eigenvalue weighted by Crippen LogP contribution is -1.79. The summed E-state index contributed by atoms with van der Waals surface area (Å²) in [6.45, 7) is 2.10. The Morgan fingerprint density at radius 3 is 3.00 bits per heavy atom. The number of hydrogen-bond donors (Lipinski definition) is 0. The van der Waals surface area contributed by atoms with E-state index in [2.05, 4.69) is 40.0 Å². The van der Waals surface area contributed by atoms with E-state index in [1.165, 1.54) is 16.3 Å². The molecule has 2 rings (SSSR count). The Hall–Kier alpha value is -0.890. The third-order valence-electron chi connectivity index (χ3n) is 1.92. The molecule has 1 aromatic heterocycles. The summed E-state index contributed by atoms with van der Waals surface area (Å²) in [4.78, 5) is 4.07. The topological polar surface area (TPSA) is 12.9 Å². The molecule has 0 saturated heterocycles. The molecule has 1 heterocycles. The van der Waals surface area contributed by atoms with Crippen molar-refractivity contribution >= 4 is 26.7 Å². The van der Waals surface area contributed by atoms with Crippen LogP contribution in [0.25, 0.3) is 10.8 Å². The summed E-state index contributed by atoms with van der Waals surface area (Å²) in [7, 11) is 0. The molecular weight excluding hydrogens is 214 g/mol. The molecule has 2 aromatic rings.